The van der Waals surface area contributed by atoms with Crippen LogP contribution in [0, 0.1) is 39.9 Å². The van der Waals surface area contributed by atoms with E-state index in [-0.39, 0.29) is 47.8 Å². The van der Waals surface area contributed by atoms with Gasteiger partial charge in [-0.15, -0.1) is 0 Å². The Morgan fingerprint density at radius 2 is 1.73 bits per heavy atom. The molecular weight excluding hydrogens is 424 g/mol. The average Bonchev–Trinajstić information content (AvgIpc) is 2.94. The number of hydrogen-bond acceptors (Lipinski definition) is 6. The normalized spacial score (nSPS) is 44.0. The summed E-state index contributed by atoms with van der Waals surface area (Å²) < 4.78 is 10.8. The number of carboxylic acid groups (broad SMARTS) is 1. The van der Waals surface area contributed by atoms with Crippen LogP contribution in [0.4, 0.5) is 0 Å². The molecule has 0 aromatic rings. The molecule has 0 radical (unpaired) electrons. The van der Waals surface area contributed by atoms with Crippen LogP contribution in [-0.4, -0.2) is 46.9 Å². The highest BCUT2D eigenvalue weighted by Gasteiger charge is 2.69. The van der Waals surface area contributed by atoms with E-state index in [1.54, 1.807) is 13.8 Å². The summed E-state index contributed by atoms with van der Waals surface area (Å²) in [4.78, 5) is 36.3. The number of carboxylic acids is 1. The molecule has 186 valence electrons. The van der Waals surface area contributed by atoms with Gasteiger partial charge in [-0.1, -0.05) is 27.2 Å². The number of fused-ring (bicyclic) bond motifs is 3. The van der Waals surface area contributed by atoms with Gasteiger partial charge in [0, 0.05) is 6.92 Å². The Bertz CT molecular complexity index is 823. The first kappa shape index (κ1) is 24.5. The van der Waals surface area contributed by atoms with Crippen molar-refractivity contribution >= 4 is 17.9 Å². The van der Waals surface area contributed by atoms with Crippen molar-refractivity contribution in [2.75, 3.05) is 13.2 Å². The topological polar surface area (TPSA) is 110 Å². The van der Waals surface area contributed by atoms with Crippen LogP contribution < -0.4 is 0 Å². The Morgan fingerprint density at radius 3 is 2.36 bits per heavy atom. The summed E-state index contributed by atoms with van der Waals surface area (Å²) in [7, 11) is 0. The lowest BCUT2D eigenvalue weighted by molar-refractivity contribution is -0.196. The number of carbonyl (C=O) groups excluding carboxylic acids is 2. The molecule has 33 heavy (non-hydrogen) atoms. The van der Waals surface area contributed by atoms with E-state index < -0.39 is 23.0 Å². The summed E-state index contributed by atoms with van der Waals surface area (Å²) >= 11 is 0. The molecule has 0 heterocycles. The number of esters is 2. The van der Waals surface area contributed by atoms with Crippen LogP contribution in [0.25, 0.3) is 0 Å². The quantitative estimate of drug-likeness (QED) is 0.573. The molecule has 0 unspecified atom stereocenters. The number of carbonyl (C=O) groups is 3. The Morgan fingerprint density at radius 1 is 1.00 bits per heavy atom. The summed E-state index contributed by atoms with van der Waals surface area (Å²) in [6.07, 6.45) is 7.28. The Balaban J connectivity index is 1.61. The molecule has 2 bridgehead atoms. The maximum absolute atomic E-state index is 12.6. The molecule has 4 aliphatic rings. The zero-order valence-corrected chi connectivity index (χ0v) is 20.5. The van der Waals surface area contributed by atoms with E-state index in [0.717, 1.165) is 44.9 Å². The summed E-state index contributed by atoms with van der Waals surface area (Å²) in [5.74, 6) is -1.43. The van der Waals surface area contributed by atoms with Crippen molar-refractivity contribution in [1.29, 1.82) is 0 Å². The van der Waals surface area contributed by atoms with Gasteiger partial charge in [-0.05, 0) is 80.0 Å². The molecule has 7 atom stereocenters. The van der Waals surface area contributed by atoms with Crippen molar-refractivity contribution in [3.05, 3.63) is 0 Å². The van der Waals surface area contributed by atoms with Gasteiger partial charge >= 0.3 is 17.9 Å². The summed E-state index contributed by atoms with van der Waals surface area (Å²) in [5, 5.41) is 22.0. The smallest absolute Gasteiger partial charge is 0.313 e. The summed E-state index contributed by atoms with van der Waals surface area (Å²) in [6.45, 7) is 7.17. The molecule has 7 nitrogen and oxygen atoms in total. The van der Waals surface area contributed by atoms with Crippen LogP contribution in [0.5, 0.6) is 0 Å². The Kier molecular flexibility index (Phi) is 6.12. The lowest BCUT2D eigenvalue weighted by atomic mass is 9.40. The van der Waals surface area contributed by atoms with E-state index in [2.05, 4.69) is 6.92 Å². The third-order valence-corrected chi connectivity index (χ3v) is 10.0. The molecule has 2 N–H and O–H groups in total. The maximum Gasteiger partial charge on any atom is 0.313 e. The lowest BCUT2D eigenvalue weighted by Crippen LogP contribution is -2.60. The van der Waals surface area contributed by atoms with Gasteiger partial charge in [0.25, 0.3) is 0 Å². The van der Waals surface area contributed by atoms with Gasteiger partial charge in [0.05, 0.1) is 5.92 Å². The second-order valence-corrected chi connectivity index (χ2v) is 12.1. The Labute approximate surface area is 196 Å². The van der Waals surface area contributed by atoms with Crippen LogP contribution in [0.3, 0.4) is 0 Å². The van der Waals surface area contributed by atoms with Crippen molar-refractivity contribution < 1.29 is 34.1 Å². The highest BCUT2D eigenvalue weighted by Crippen LogP contribution is 2.73. The minimum Gasteiger partial charge on any atom is -0.481 e. The standard InChI is InChI=1S/C26H40O7/c1-16(2)21(28)33-15-26(31)13-24-11-8-20-23(4,19(24)7-6-18(26)12-24)9-5-10-25(20,22(29)30)14-32-17(3)27/h16,18-20,31H,5-15H2,1-4H3,(H,29,30)/t18-,19+,20+,23+,24+,25+,26+/m1/s1. The predicted molar refractivity (Wildman–Crippen MR) is 120 cm³/mol. The number of rotatable bonds is 6. The number of hydrogen-bond donors (Lipinski definition) is 2. The van der Waals surface area contributed by atoms with Crippen molar-refractivity contribution in [1.82, 2.24) is 0 Å². The predicted octanol–water partition coefficient (Wildman–Crippen LogP) is 3.96. The molecule has 0 amide bonds. The van der Waals surface area contributed by atoms with Crippen LogP contribution in [0.15, 0.2) is 0 Å². The number of aliphatic hydroxyl groups is 1. The highest BCUT2D eigenvalue weighted by atomic mass is 16.5. The largest absolute Gasteiger partial charge is 0.481 e. The SMILES string of the molecule is CC(=O)OC[C@@]1(C(=O)O)CCC[C@@]2(C)[C@@H]3CC[C@@H]4C[C@@]3(CC[C@H]12)C[C@]4(O)COC(=O)C(C)C. The van der Waals surface area contributed by atoms with E-state index in [0.29, 0.717) is 18.8 Å². The molecule has 0 aromatic heterocycles. The lowest BCUT2D eigenvalue weighted by Gasteiger charge is -2.63. The zero-order valence-electron chi connectivity index (χ0n) is 20.5. The van der Waals surface area contributed by atoms with Gasteiger partial charge in [-0.2, -0.15) is 0 Å². The molecule has 7 heteroatoms. The van der Waals surface area contributed by atoms with E-state index in [1.165, 1.54) is 6.92 Å². The van der Waals surface area contributed by atoms with Crippen LogP contribution >= 0.6 is 0 Å². The van der Waals surface area contributed by atoms with Gasteiger partial charge in [0.2, 0.25) is 0 Å². The van der Waals surface area contributed by atoms with Crippen LogP contribution in [-0.2, 0) is 23.9 Å². The monoisotopic (exact) mass is 464 g/mol. The van der Waals surface area contributed by atoms with Crippen molar-refractivity contribution in [3.8, 4) is 0 Å². The molecule has 4 saturated carbocycles. The van der Waals surface area contributed by atoms with E-state index in [1.807, 2.05) is 0 Å². The number of aliphatic carboxylic acids is 1. The fraction of sp³-hybridized carbons (Fsp3) is 0.885. The molecule has 0 aromatic carbocycles. The van der Waals surface area contributed by atoms with Gasteiger partial charge in [-0.25, -0.2) is 0 Å². The fourth-order valence-electron chi connectivity index (χ4n) is 8.68. The van der Waals surface area contributed by atoms with Gasteiger partial charge < -0.3 is 19.7 Å². The third-order valence-electron chi connectivity index (χ3n) is 10.0. The molecule has 4 fully saturated rings. The minimum absolute atomic E-state index is 0.0455. The minimum atomic E-state index is -1.04. The second kappa shape index (κ2) is 8.24. The fourth-order valence-corrected chi connectivity index (χ4v) is 8.68. The van der Waals surface area contributed by atoms with Gasteiger partial charge in [0.15, 0.2) is 0 Å². The Hall–Kier alpha value is -1.63. The molecular formula is C26H40O7. The maximum atomic E-state index is 12.6. The first-order chi connectivity index (χ1) is 15.4. The molecule has 4 aliphatic carbocycles. The molecule has 0 aliphatic heterocycles. The van der Waals surface area contributed by atoms with Crippen LogP contribution in [0.2, 0.25) is 0 Å². The molecule has 4 rings (SSSR count). The van der Waals surface area contributed by atoms with Crippen molar-refractivity contribution in [2.24, 2.45) is 39.9 Å². The van der Waals surface area contributed by atoms with Crippen molar-refractivity contribution in [3.63, 3.8) is 0 Å². The first-order valence-corrected chi connectivity index (χ1v) is 12.6. The summed E-state index contributed by atoms with van der Waals surface area (Å²) in [5.41, 5.74) is -2.27. The van der Waals surface area contributed by atoms with Gasteiger partial charge in [0.1, 0.15) is 24.2 Å². The molecule has 0 saturated heterocycles. The van der Waals surface area contributed by atoms with E-state index >= 15 is 0 Å². The van der Waals surface area contributed by atoms with E-state index in [4.69, 9.17) is 9.47 Å². The average molecular weight is 465 g/mol. The summed E-state index contributed by atoms with van der Waals surface area (Å²) in [6, 6.07) is 0. The van der Waals surface area contributed by atoms with Crippen LogP contribution in [0.1, 0.15) is 85.5 Å². The first-order valence-electron chi connectivity index (χ1n) is 12.6. The molecule has 1 spiro atoms. The zero-order chi connectivity index (χ0) is 24.2. The highest BCUT2D eigenvalue weighted by molar-refractivity contribution is 5.76. The van der Waals surface area contributed by atoms with E-state index in [9.17, 15) is 24.6 Å². The number of ether oxygens (including phenoxy) is 2. The van der Waals surface area contributed by atoms with Gasteiger partial charge in [-0.3, -0.25) is 14.4 Å². The third kappa shape index (κ3) is 3.78. The second-order valence-electron chi connectivity index (χ2n) is 12.1. The van der Waals surface area contributed by atoms with Crippen molar-refractivity contribution in [2.45, 2.75) is 91.1 Å².